The molecule has 0 radical (unpaired) electrons. The van der Waals surface area contributed by atoms with E-state index >= 15 is 0 Å². The summed E-state index contributed by atoms with van der Waals surface area (Å²) in [5.41, 5.74) is 3.83. The van der Waals surface area contributed by atoms with Crippen LogP contribution in [-0.2, 0) is 14.4 Å². The number of nitrogens with one attached hydrogen (secondary N) is 1. The molecule has 0 saturated carbocycles. The van der Waals surface area contributed by atoms with Crippen LogP contribution in [0.15, 0.2) is 30.0 Å². The van der Waals surface area contributed by atoms with Crippen molar-refractivity contribution < 1.29 is 33.1 Å². The van der Waals surface area contributed by atoms with E-state index in [0.29, 0.717) is 45.4 Å². The smallest absolute Gasteiger partial charge is 0.410 e. The summed E-state index contributed by atoms with van der Waals surface area (Å²) in [7, 11) is 0. The van der Waals surface area contributed by atoms with E-state index < -0.39 is 17.6 Å². The van der Waals surface area contributed by atoms with Crippen molar-refractivity contribution in [3.63, 3.8) is 0 Å². The summed E-state index contributed by atoms with van der Waals surface area (Å²) in [6.07, 6.45) is 5.08. The van der Waals surface area contributed by atoms with Crippen LogP contribution >= 0.6 is 0 Å². The van der Waals surface area contributed by atoms with Gasteiger partial charge in [0.25, 0.3) is 0 Å². The van der Waals surface area contributed by atoms with E-state index in [1.165, 1.54) is 0 Å². The highest BCUT2D eigenvalue weighted by Crippen LogP contribution is 2.26. The van der Waals surface area contributed by atoms with Gasteiger partial charge in [-0.1, -0.05) is 0 Å². The van der Waals surface area contributed by atoms with E-state index in [1.807, 2.05) is 19.9 Å². The van der Waals surface area contributed by atoms with E-state index in [1.54, 1.807) is 9.80 Å². The van der Waals surface area contributed by atoms with E-state index in [4.69, 9.17) is 14.7 Å². The van der Waals surface area contributed by atoms with Crippen LogP contribution in [0.4, 0.5) is 19.3 Å². The minimum atomic E-state index is -1.23. The van der Waals surface area contributed by atoms with E-state index in [9.17, 15) is 18.4 Å². The first-order valence-corrected chi connectivity index (χ1v) is 10.9. The number of hydrogen-bond donors (Lipinski definition) is 2. The molecule has 0 atom stereocenters. The minimum Gasteiger partial charge on any atom is -0.478 e. The predicted molar refractivity (Wildman–Crippen MR) is 118 cm³/mol. The predicted octanol–water partition coefficient (Wildman–Crippen LogP) is 3.69. The first kappa shape index (κ1) is 24.5. The van der Waals surface area contributed by atoms with Crippen molar-refractivity contribution in [2.24, 2.45) is 0 Å². The highest BCUT2D eigenvalue weighted by molar-refractivity contribution is 5.85. The average Bonchev–Trinajstić information content (AvgIpc) is 2.78. The number of ether oxygens (including phenoxy) is 1. The molecule has 2 aliphatic heterocycles. The lowest BCUT2D eigenvalue weighted by atomic mass is 10.1. The molecular weight excluding hydrogens is 436 g/mol. The number of likely N-dealkylation sites (tertiary alicyclic amines) is 1. The molecule has 1 amide bonds. The van der Waals surface area contributed by atoms with Crippen LogP contribution in [0.2, 0.25) is 0 Å². The van der Waals surface area contributed by atoms with Gasteiger partial charge in [0.15, 0.2) is 0 Å². The van der Waals surface area contributed by atoms with E-state index in [-0.39, 0.29) is 29.6 Å². The lowest BCUT2D eigenvalue weighted by Gasteiger charge is -2.33. The van der Waals surface area contributed by atoms with E-state index in [2.05, 4.69) is 5.48 Å². The Morgan fingerprint density at radius 1 is 1.18 bits per heavy atom. The quantitative estimate of drug-likeness (QED) is 0.469. The van der Waals surface area contributed by atoms with Gasteiger partial charge in [-0.15, -0.1) is 0 Å². The molecule has 0 unspecified atom stereocenters. The van der Waals surface area contributed by atoms with Gasteiger partial charge < -0.3 is 19.6 Å². The molecule has 0 spiro atoms. The number of benzene rings is 1. The molecule has 1 aromatic rings. The molecule has 33 heavy (non-hydrogen) atoms. The van der Waals surface area contributed by atoms with Crippen molar-refractivity contribution in [2.75, 3.05) is 31.1 Å². The number of carbonyl (C=O) groups is 2. The SMILES string of the molecule is CC(C)OC(=O)N1CCC(ONC2=CCN(c3cc(F)c(C=CC(=O)O)cc3F)CC2)CC1. The number of carbonyl (C=O) groups excluding carboxylic acids is 1. The molecule has 180 valence electrons. The van der Waals surface area contributed by atoms with Gasteiger partial charge in [0.1, 0.15) is 11.6 Å². The number of hydroxylamine groups is 1. The average molecular weight is 465 g/mol. The Labute approximate surface area is 191 Å². The molecule has 2 aliphatic rings. The molecule has 2 N–H and O–H groups in total. The molecule has 2 heterocycles. The fraction of sp³-hybridized carbons (Fsp3) is 0.478. The number of hydrogen-bond acceptors (Lipinski definition) is 6. The fourth-order valence-electron chi connectivity index (χ4n) is 3.65. The standard InChI is InChI=1S/C23H29F2N3O5/c1-15(2)32-23(31)28-11-7-18(8-12-28)33-26-17-5-9-27(10-6-17)21-14-19(24)16(13-20(21)25)3-4-22(29)30/h3-5,13-15,18,26H,6-12H2,1-2H3,(H,29,30). The second-order valence-electron chi connectivity index (χ2n) is 8.26. The van der Waals surface area contributed by atoms with Crippen LogP contribution < -0.4 is 10.4 Å². The number of rotatable bonds is 7. The Balaban J connectivity index is 1.48. The molecule has 1 fully saturated rings. The highest BCUT2D eigenvalue weighted by atomic mass is 19.1. The Morgan fingerprint density at radius 2 is 1.91 bits per heavy atom. The van der Waals surface area contributed by atoms with Gasteiger partial charge in [0.05, 0.1) is 17.9 Å². The van der Waals surface area contributed by atoms with Crippen molar-refractivity contribution in [2.45, 2.75) is 45.3 Å². The van der Waals surface area contributed by atoms with Gasteiger partial charge >= 0.3 is 12.1 Å². The number of halogens is 2. The number of piperidine rings is 1. The molecule has 8 nitrogen and oxygen atoms in total. The van der Waals surface area contributed by atoms with Gasteiger partial charge in [0, 0.05) is 56.0 Å². The summed E-state index contributed by atoms with van der Waals surface area (Å²) in [6, 6.07) is 2.08. The Kier molecular flexibility index (Phi) is 8.26. The van der Waals surface area contributed by atoms with E-state index in [0.717, 1.165) is 30.0 Å². The van der Waals surface area contributed by atoms with Gasteiger partial charge in [-0.2, -0.15) is 0 Å². The largest absolute Gasteiger partial charge is 0.478 e. The van der Waals surface area contributed by atoms with Crippen LogP contribution in [-0.4, -0.2) is 60.5 Å². The van der Waals surface area contributed by atoms with Gasteiger partial charge in [0.2, 0.25) is 0 Å². The Hall–Kier alpha value is -3.14. The Bertz CT molecular complexity index is 927. The summed E-state index contributed by atoms with van der Waals surface area (Å²) in [5, 5.41) is 8.65. The van der Waals surface area contributed by atoms with Crippen LogP contribution in [0.5, 0.6) is 0 Å². The maximum absolute atomic E-state index is 14.5. The molecule has 0 bridgehead atoms. The topological polar surface area (TPSA) is 91.3 Å². The molecule has 0 aliphatic carbocycles. The Morgan fingerprint density at radius 3 is 2.52 bits per heavy atom. The number of anilines is 1. The lowest BCUT2D eigenvalue weighted by molar-refractivity contribution is -0.131. The molecular formula is C23H29F2N3O5. The zero-order valence-corrected chi connectivity index (χ0v) is 18.7. The third kappa shape index (κ3) is 6.92. The minimum absolute atomic E-state index is 0.0371. The summed E-state index contributed by atoms with van der Waals surface area (Å²) in [6.45, 7) is 5.58. The first-order valence-electron chi connectivity index (χ1n) is 10.9. The van der Waals surface area contributed by atoms with Gasteiger partial charge in [-0.3, -0.25) is 10.3 Å². The monoisotopic (exact) mass is 465 g/mol. The van der Waals surface area contributed by atoms with Crippen molar-refractivity contribution in [3.05, 3.63) is 47.2 Å². The van der Waals surface area contributed by atoms with Crippen molar-refractivity contribution in [3.8, 4) is 0 Å². The maximum atomic E-state index is 14.5. The molecule has 0 aromatic heterocycles. The summed E-state index contributed by atoms with van der Waals surface area (Å²) in [5.74, 6) is -2.55. The number of nitrogens with zero attached hydrogens (tertiary/aromatic N) is 2. The molecule has 1 saturated heterocycles. The number of amides is 1. The lowest BCUT2D eigenvalue weighted by Crippen LogP contribution is -2.43. The zero-order chi connectivity index (χ0) is 24.0. The second kappa shape index (κ2) is 11.1. The van der Waals surface area contributed by atoms with Crippen LogP contribution in [0.25, 0.3) is 6.08 Å². The third-order valence-corrected chi connectivity index (χ3v) is 5.41. The van der Waals surface area contributed by atoms with Crippen molar-refractivity contribution in [1.29, 1.82) is 0 Å². The summed E-state index contributed by atoms with van der Waals surface area (Å²) < 4.78 is 34.0. The summed E-state index contributed by atoms with van der Waals surface area (Å²) in [4.78, 5) is 31.7. The van der Waals surface area contributed by atoms with Crippen molar-refractivity contribution in [1.82, 2.24) is 10.4 Å². The molecule has 1 aromatic carbocycles. The maximum Gasteiger partial charge on any atom is 0.410 e. The van der Waals surface area contributed by atoms with Crippen molar-refractivity contribution >= 4 is 23.8 Å². The normalized spacial score (nSPS) is 17.4. The first-order chi connectivity index (χ1) is 15.7. The van der Waals surface area contributed by atoms with Gasteiger partial charge in [-0.05, 0) is 44.9 Å². The van der Waals surface area contributed by atoms with Crippen LogP contribution in [0.3, 0.4) is 0 Å². The number of aliphatic carboxylic acids is 1. The number of carboxylic acid groups (broad SMARTS) is 1. The molecule has 10 heteroatoms. The third-order valence-electron chi connectivity index (χ3n) is 5.41. The second-order valence-corrected chi connectivity index (χ2v) is 8.26. The molecule has 3 rings (SSSR count). The summed E-state index contributed by atoms with van der Waals surface area (Å²) >= 11 is 0. The van der Waals surface area contributed by atoms with Crippen LogP contribution in [0, 0.1) is 11.6 Å². The fourth-order valence-corrected chi connectivity index (χ4v) is 3.65. The van der Waals surface area contributed by atoms with Gasteiger partial charge in [-0.25, -0.2) is 18.4 Å². The number of carboxylic acids is 1. The zero-order valence-electron chi connectivity index (χ0n) is 18.7. The highest BCUT2D eigenvalue weighted by Gasteiger charge is 2.25. The van der Waals surface area contributed by atoms with Crippen LogP contribution in [0.1, 0.15) is 38.7 Å².